The highest BCUT2D eigenvalue weighted by Gasteiger charge is 2.24. The van der Waals surface area contributed by atoms with Crippen molar-refractivity contribution in [1.82, 2.24) is 15.2 Å². The largest absolute Gasteiger partial charge is 0.353 e. The van der Waals surface area contributed by atoms with Crippen molar-refractivity contribution < 1.29 is 9.59 Å². The average molecular weight is 386 g/mol. The Kier molecular flexibility index (Phi) is 6.61. The standard InChI is InChI=1S/C21H27N3O2S/c1-15(2)12-20(26)24-10-8-17(9-11-24)22-19(25)13-18-14-27-21(23-18)16-6-4-3-5-7-16/h3-7,14-15,17H,8-13H2,1-2H3,(H,22,25). The van der Waals surface area contributed by atoms with Crippen LogP contribution < -0.4 is 5.32 Å². The quantitative estimate of drug-likeness (QED) is 0.828. The van der Waals surface area contributed by atoms with Gasteiger partial charge in [0, 0.05) is 36.5 Å². The number of carbonyl (C=O) groups is 2. The summed E-state index contributed by atoms with van der Waals surface area (Å²) in [6.07, 6.45) is 2.55. The molecule has 0 spiro atoms. The van der Waals surface area contributed by atoms with Crippen molar-refractivity contribution in [2.24, 2.45) is 5.92 Å². The third-order valence-corrected chi connectivity index (χ3v) is 5.65. The van der Waals surface area contributed by atoms with E-state index in [1.54, 1.807) is 11.3 Å². The number of likely N-dealkylation sites (tertiary alicyclic amines) is 1. The highest BCUT2D eigenvalue weighted by molar-refractivity contribution is 7.13. The van der Waals surface area contributed by atoms with Crippen molar-refractivity contribution in [3.8, 4) is 10.6 Å². The predicted molar refractivity (Wildman–Crippen MR) is 108 cm³/mol. The number of piperidine rings is 1. The zero-order chi connectivity index (χ0) is 19.2. The Labute approximate surface area is 164 Å². The number of nitrogens with one attached hydrogen (secondary N) is 1. The Balaban J connectivity index is 1.45. The molecule has 5 nitrogen and oxygen atoms in total. The first-order valence-corrected chi connectivity index (χ1v) is 10.5. The monoisotopic (exact) mass is 385 g/mol. The summed E-state index contributed by atoms with van der Waals surface area (Å²) < 4.78 is 0. The van der Waals surface area contributed by atoms with Crippen LogP contribution in [0, 0.1) is 5.92 Å². The fourth-order valence-corrected chi connectivity index (χ4v) is 4.12. The summed E-state index contributed by atoms with van der Waals surface area (Å²) in [6, 6.07) is 10.2. The molecule has 1 saturated heterocycles. The summed E-state index contributed by atoms with van der Waals surface area (Å²) in [5.74, 6) is 0.617. The number of nitrogens with zero attached hydrogens (tertiary/aromatic N) is 2. The first kappa shape index (κ1) is 19.5. The lowest BCUT2D eigenvalue weighted by molar-refractivity contribution is -0.133. The number of amides is 2. The highest BCUT2D eigenvalue weighted by atomic mass is 32.1. The smallest absolute Gasteiger partial charge is 0.226 e. The van der Waals surface area contributed by atoms with Crippen LogP contribution in [0.2, 0.25) is 0 Å². The number of carbonyl (C=O) groups excluding carboxylic acids is 2. The normalized spacial score (nSPS) is 15.1. The molecule has 0 aliphatic carbocycles. The Morgan fingerprint density at radius 3 is 2.59 bits per heavy atom. The fraction of sp³-hybridized carbons (Fsp3) is 0.476. The summed E-state index contributed by atoms with van der Waals surface area (Å²) in [5, 5.41) is 6.00. The second-order valence-corrected chi connectivity index (χ2v) is 8.37. The number of rotatable bonds is 6. The van der Waals surface area contributed by atoms with Crippen molar-refractivity contribution in [3.05, 3.63) is 41.4 Å². The molecule has 0 bridgehead atoms. The molecule has 2 amide bonds. The van der Waals surface area contributed by atoms with Gasteiger partial charge in [0.05, 0.1) is 12.1 Å². The van der Waals surface area contributed by atoms with E-state index in [1.807, 2.05) is 40.6 Å². The van der Waals surface area contributed by atoms with Crippen LogP contribution in [-0.2, 0) is 16.0 Å². The van der Waals surface area contributed by atoms with Gasteiger partial charge in [-0.3, -0.25) is 9.59 Å². The van der Waals surface area contributed by atoms with Gasteiger partial charge < -0.3 is 10.2 Å². The zero-order valence-electron chi connectivity index (χ0n) is 16.0. The van der Waals surface area contributed by atoms with Crippen molar-refractivity contribution >= 4 is 23.2 Å². The molecule has 0 saturated carbocycles. The molecular formula is C21H27N3O2S. The van der Waals surface area contributed by atoms with Gasteiger partial charge in [0.1, 0.15) is 5.01 Å². The van der Waals surface area contributed by atoms with Gasteiger partial charge in [-0.25, -0.2) is 4.98 Å². The van der Waals surface area contributed by atoms with Gasteiger partial charge in [0.15, 0.2) is 0 Å². The molecule has 2 aromatic rings. The number of hydrogen-bond acceptors (Lipinski definition) is 4. The van der Waals surface area contributed by atoms with Crippen LogP contribution >= 0.6 is 11.3 Å². The Hall–Kier alpha value is -2.21. The number of aromatic nitrogens is 1. The molecule has 2 heterocycles. The summed E-state index contributed by atoms with van der Waals surface area (Å²) in [5.41, 5.74) is 1.88. The molecular weight excluding hydrogens is 358 g/mol. The Morgan fingerprint density at radius 1 is 1.22 bits per heavy atom. The van der Waals surface area contributed by atoms with Crippen LogP contribution in [0.5, 0.6) is 0 Å². The van der Waals surface area contributed by atoms with Gasteiger partial charge in [0.2, 0.25) is 11.8 Å². The molecule has 27 heavy (non-hydrogen) atoms. The number of benzene rings is 1. The second kappa shape index (κ2) is 9.13. The van der Waals surface area contributed by atoms with Gasteiger partial charge in [0.25, 0.3) is 0 Å². The lowest BCUT2D eigenvalue weighted by Crippen LogP contribution is -2.47. The van der Waals surface area contributed by atoms with Gasteiger partial charge in [-0.15, -0.1) is 11.3 Å². The fourth-order valence-electron chi connectivity index (χ4n) is 3.30. The van der Waals surface area contributed by atoms with E-state index in [4.69, 9.17) is 0 Å². The molecule has 1 fully saturated rings. The van der Waals surface area contributed by atoms with Gasteiger partial charge in [-0.2, -0.15) is 0 Å². The van der Waals surface area contributed by atoms with E-state index in [9.17, 15) is 9.59 Å². The minimum atomic E-state index is 0.00636. The third-order valence-electron chi connectivity index (χ3n) is 4.71. The van der Waals surface area contributed by atoms with Gasteiger partial charge >= 0.3 is 0 Å². The minimum Gasteiger partial charge on any atom is -0.353 e. The van der Waals surface area contributed by atoms with Crippen molar-refractivity contribution in [2.45, 2.75) is 45.6 Å². The lowest BCUT2D eigenvalue weighted by atomic mass is 10.0. The predicted octanol–water partition coefficient (Wildman–Crippen LogP) is 3.51. The Bertz CT molecular complexity index is 765. The van der Waals surface area contributed by atoms with Crippen LogP contribution in [0.25, 0.3) is 10.6 Å². The maximum absolute atomic E-state index is 12.4. The van der Waals surface area contributed by atoms with E-state index in [2.05, 4.69) is 24.1 Å². The molecule has 0 radical (unpaired) electrons. The van der Waals surface area contributed by atoms with Crippen molar-refractivity contribution in [1.29, 1.82) is 0 Å². The molecule has 1 aromatic carbocycles. The van der Waals surface area contributed by atoms with Crippen LogP contribution in [0.15, 0.2) is 35.7 Å². The molecule has 1 aliphatic heterocycles. The Morgan fingerprint density at radius 2 is 1.93 bits per heavy atom. The second-order valence-electron chi connectivity index (χ2n) is 7.51. The van der Waals surface area contributed by atoms with E-state index in [0.717, 1.165) is 42.2 Å². The van der Waals surface area contributed by atoms with E-state index in [0.29, 0.717) is 18.8 Å². The maximum Gasteiger partial charge on any atom is 0.226 e. The van der Waals surface area contributed by atoms with E-state index in [1.165, 1.54) is 0 Å². The van der Waals surface area contributed by atoms with Crippen LogP contribution in [0.1, 0.15) is 38.8 Å². The van der Waals surface area contributed by atoms with Crippen LogP contribution in [-0.4, -0.2) is 40.8 Å². The minimum absolute atomic E-state index is 0.00636. The SMILES string of the molecule is CC(C)CC(=O)N1CCC(NC(=O)Cc2csc(-c3ccccc3)n2)CC1. The molecule has 3 rings (SSSR count). The third kappa shape index (κ3) is 5.63. The highest BCUT2D eigenvalue weighted by Crippen LogP contribution is 2.23. The molecule has 0 unspecified atom stereocenters. The number of hydrogen-bond donors (Lipinski definition) is 1. The van der Waals surface area contributed by atoms with Crippen molar-refractivity contribution in [3.63, 3.8) is 0 Å². The summed E-state index contributed by atoms with van der Waals surface area (Å²) >= 11 is 1.56. The van der Waals surface area contributed by atoms with Crippen LogP contribution in [0.3, 0.4) is 0 Å². The zero-order valence-corrected chi connectivity index (χ0v) is 16.8. The molecule has 0 atom stereocenters. The first-order chi connectivity index (χ1) is 13.0. The molecule has 1 aliphatic rings. The van der Waals surface area contributed by atoms with E-state index in [-0.39, 0.29) is 17.9 Å². The first-order valence-electron chi connectivity index (χ1n) is 9.58. The maximum atomic E-state index is 12.4. The summed E-state index contributed by atoms with van der Waals surface area (Å²) in [6.45, 7) is 5.58. The van der Waals surface area contributed by atoms with Crippen LogP contribution in [0.4, 0.5) is 0 Å². The van der Waals surface area contributed by atoms with Gasteiger partial charge in [-0.1, -0.05) is 44.2 Å². The van der Waals surface area contributed by atoms with E-state index < -0.39 is 0 Å². The molecule has 1 aromatic heterocycles. The average Bonchev–Trinajstić information content (AvgIpc) is 3.11. The molecule has 6 heteroatoms. The molecule has 144 valence electrons. The summed E-state index contributed by atoms with van der Waals surface area (Å²) in [7, 11) is 0. The van der Waals surface area contributed by atoms with E-state index >= 15 is 0 Å². The summed E-state index contributed by atoms with van der Waals surface area (Å²) in [4.78, 5) is 31.0. The lowest BCUT2D eigenvalue weighted by Gasteiger charge is -2.32. The van der Waals surface area contributed by atoms with Crippen molar-refractivity contribution in [2.75, 3.05) is 13.1 Å². The van der Waals surface area contributed by atoms with Gasteiger partial charge in [-0.05, 0) is 18.8 Å². The number of thiazole rings is 1. The topological polar surface area (TPSA) is 62.3 Å². The molecule has 1 N–H and O–H groups in total.